The van der Waals surface area contributed by atoms with E-state index in [0.29, 0.717) is 5.56 Å². The van der Waals surface area contributed by atoms with Crippen LogP contribution in [-0.4, -0.2) is 19.3 Å². The third kappa shape index (κ3) is 1.40. The van der Waals surface area contributed by atoms with E-state index in [1.54, 1.807) is 37.4 Å². The Bertz CT molecular complexity index is 738. The van der Waals surface area contributed by atoms with Crippen LogP contribution in [0.3, 0.4) is 0 Å². The average Bonchev–Trinajstić information content (AvgIpc) is 3.09. The van der Waals surface area contributed by atoms with Crippen LogP contribution >= 0.6 is 0 Å². The summed E-state index contributed by atoms with van der Waals surface area (Å²) in [6.07, 6.45) is -4.27. The molecule has 4 rings (SSSR count). The fourth-order valence-electron chi connectivity index (χ4n) is 4.38. The Labute approximate surface area is 127 Å². The monoisotopic (exact) mass is 303 g/mol. The maximum Gasteiger partial charge on any atom is 0.401 e. The van der Waals surface area contributed by atoms with Gasteiger partial charge < -0.3 is 4.90 Å². The highest BCUT2D eigenvalue weighted by Gasteiger charge is 2.83. The molecule has 1 nitrogen and oxygen atoms in total. The Morgan fingerprint density at radius 1 is 1.00 bits per heavy atom. The molecule has 0 spiro atoms. The van der Waals surface area contributed by atoms with Crippen molar-refractivity contribution < 1.29 is 13.2 Å². The van der Waals surface area contributed by atoms with Gasteiger partial charge in [-0.1, -0.05) is 42.5 Å². The molecule has 1 heterocycles. The molecule has 2 aromatic rings. The normalized spacial score (nSPS) is 29.2. The number of halogens is 3. The Balaban J connectivity index is 1.95. The second kappa shape index (κ2) is 4.06. The molecule has 114 valence electrons. The van der Waals surface area contributed by atoms with Crippen LogP contribution in [0.5, 0.6) is 0 Å². The predicted octanol–water partition coefficient (Wildman–Crippen LogP) is 4.41. The third-order valence-corrected chi connectivity index (χ3v) is 5.29. The molecule has 2 aliphatic rings. The van der Waals surface area contributed by atoms with Gasteiger partial charge in [-0.25, -0.2) is 0 Å². The van der Waals surface area contributed by atoms with E-state index in [0.717, 1.165) is 16.8 Å². The van der Waals surface area contributed by atoms with Crippen LogP contribution in [0.15, 0.2) is 48.5 Å². The first-order valence-electron chi connectivity index (χ1n) is 7.35. The van der Waals surface area contributed by atoms with E-state index in [4.69, 9.17) is 0 Å². The zero-order valence-corrected chi connectivity index (χ0v) is 12.4. The summed E-state index contributed by atoms with van der Waals surface area (Å²) in [6.45, 7) is 1.90. The maximum atomic E-state index is 14.1. The van der Waals surface area contributed by atoms with Gasteiger partial charge in [-0.2, -0.15) is 13.2 Å². The highest BCUT2D eigenvalue weighted by atomic mass is 19.4. The first-order valence-corrected chi connectivity index (χ1v) is 7.35. The van der Waals surface area contributed by atoms with Crippen molar-refractivity contribution in [1.82, 2.24) is 0 Å². The summed E-state index contributed by atoms with van der Waals surface area (Å²) >= 11 is 0. The van der Waals surface area contributed by atoms with Crippen LogP contribution in [0, 0.1) is 6.92 Å². The minimum atomic E-state index is -4.27. The van der Waals surface area contributed by atoms with Crippen molar-refractivity contribution in [3.05, 3.63) is 65.2 Å². The Hall–Kier alpha value is -1.97. The van der Waals surface area contributed by atoms with Gasteiger partial charge in [-0.15, -0.1) is 0 Å². The molecule has 2 aromatic carbocycles. The SMILES string of the molecule is Cc1cccc2c1[C@H]1[C@@H](N2C)[C@]1(c1ccccc1)C(F)(F)F. The number of hydrogen-bond acceptors (Lipinski definition) is 1. The van der Waals surface area contributed by atoms with Crippen molar-refractivity contribution in [2.75, 3.05) is 11.9 Å². The molecule has 22 heavy (non-hydrogen) atoms. The highest BCUT2D eigenvalue weighted by molar-refractivity contribution is 5.74. The van der Waals surface area contributed by atoms with Crippen molar-refractivity contribution in [2.45, 2.75) is 30.5 Å². The quantitative estimate of drug-likeness (QED) is 0.754. The molecule has 0 bridgehead atoms. The van der Waals surface area contributed by atoms with Gasteiger partial charge in [-0.05, 0) is 29.7 Å². The number of rotatable bonds is 1. The van der Waals surface area contributed by atoms with Gasteiger partial charge in [0.15, 0.2) is 0 Å². The Morgan fingerprint density at radius 3 is 2.32 bits per heavy atom. The topological polar surface area (TPSA) is 3.24 Å². The van der Waals surface area contributed by atoms with Gasteiger partial charge in [0.05, 0.1) is 6.04 Å². The second-order valence-electron chi connectivity index (χ2n) is 6.27. The van der Waals surface area contributed by atoms with Crippen LogP contribution in [-0.2, 0) is 5.41 Å². The molecule has 1 aliphatic carbocycles. The zero-order chi connectivity index (χ0) is 15.7. The lowest BCUT2D eigenvalue weighted by Gasteiger charge is -2.30. The van der Waals surface area contributed by atoms with E-state index in [-0.39, 0.29) is 0 Å². The van der Waals surface area contributed by atoms with E-state index >= 15 is 0 Å². The standard InChI is InChI=1S/C18H16F3N/c1-11-7-6-10-13-14(11)15-16(22(13)2)17(15,18(19,20)21)12-8-4-3-5-9-12/h3-10,15-16H,1-2H3/t15-,16+,17+/m0/s1. The van der Waals surface area contributed by atoms with Gasteiger partial charge in [-0.3, -0.25) is 0 Å². The third-order valence-electron chi connectivity index (χ3n) is 5.29. The number of hydrogen-bond donors (Lipinski definition) is 0. The van der Waals surface area contributed by atoms with E-state index in [9.17, 15) is 13.2 Å². The van der Waals surface area contributed by atoms with Crippen LogP contribution in [0.2, 0.25) is 0 Å². The number of aryl methyl sites for hydroxylation is 1. The number of fused-ring (bicyclic) bond motifs is 3. The highest BCUT2D eigenvalue weighted by Crippen LogP contribution is 2.74. The van der Waals surface area contributed by atoms with Crippen molar-refractivity contribution >= 4 is 5.69 Å². The van der Waals surface area contributed by atoms with E-state index in [1.165, 1.54) is 0 Å². The first-order chi connectivity index (χ1) is 10.4. The number of likely N-dealkylation sites (N-methyl/N-ethyl adjacent to an activating group) is 1. The zero-order valence-electron chi connectivity index (χ0n) is 12.4. The minimum Gasteiger partial charge on any atom is -0.369 e. The Kier molecular flexibility index (Phi) is 2.52. The first kappa shape index (κ1) is 13.7. The fraction of sp³-hybridized carbons (Fsp3) is 0.333. The number of alkyl halides is 3. The number of anilines is 1. The molecule has 1 fully saturated rings. The van der Waals surface area contributed by atoms with Crippen molar-refractivity contribution in [3.63, 3.8) is 0 Å². The number of benzene rings is 2. The molecular formula is C18H16F3N. The lowest BCUT2D eigenvalue weighted by atomic mass is 9.86. The molecule has 3 atom stereocenters. The van der Waals surface area contributed by atoms with Crippen LogP contribution in [0.4, 0.5) is 18.9 Å². The summed E-state index contributed by atoms with van der Waals surface area (Å²) < 4.78 is 42.2. The van der Waals surface area contributed by atoms with Gasteiger partial charge in [0, 0.05) is 18.7 Å². The second-order valence-corrected chi connectivity index (χ2v) is 6.27. The summed E-state index contributed by atoms with van der Waals surface area (Å²) in [5.41, 5.74) is 1.33. The fourth-order valence-corrected chi connectivity index (χ4v) is 4.38. The van der Waals surface area contributed by atoms with Crippen LogP contribution in [0.1, 0.15) is 22.6 Å². The van der Waals surface area contributed by atoms with Gasteiger partial charge in [0.25, 0.3) is 0 Å². The lowest BCUT2D eigenvalue weighted by molar-refractivity contribution is -0.163. The molecule has 1 aliphatic heterocycles. The molecule has 0 N–H and O–H groups in total. The summed E-state index contributed by atoms with van der Waals surface area (Å²) in [4.78, 5) is 1.81. The molecule has 1 saturated carbocycles. The summed E-state index contributed by atoms with van der Waals surface area (Å²) in [7, 11) is 1.78. The summed E-state index contributed by atoms with van der Waals surface area (Å²) in [5.74, 6) is -0.504. The molecule has 4 heteroatoms. The van der Waals surface area contributed by atoms with E-state index in [2.05, 4.69) is 0 Å². The minimum absolute atomic E-state index is 0.373. The molecular weight excluding hydrogens is 287 g/mol. The molecule has 0 saturated heterocycles. The average molecular weight is 303 g/mol. The van der Waals surface area contributed by atoms with E-state index in [1.807, 2.05) is 30.0 Å². The maximum absolute atomic E-state index is 14.1. The lowest BCUT2D eigenvalue weighted by Crippen LogP contribution is -2.39. The van der Waals surface area contributed by atoms with Crippen LogP contribution < -0.4 is 4.90 Å². The molecule has 0 radical (unpaired) electrons. The summed E-state index contributed by atoms with van der Waals surface area (Å²) in [5, 5.41) is 0. The van der Waals surface area contributed by atoms with E-state index < -0.39 is 23.6 Å². The van der Waals surface area contributed by atoms with Crippen molar-refractivity contribution in [3.8, 4) is 0 Å². The number of nitrogens with zero attached hydrogens (tertiary/aromatic N) is 1. The summed E-state index contributed by atoms with van der Waals surface area (Å²) in [6, 6.07) is 13.5. The van der Waals surface area contributed by atoms with Gasteiger partial charge in [0.1, 0.15) is 5.41 Å². The molecule has 0 unspecified atom stereocenters. The van der Waals surface area contributed by atoms with Crippen molar-refractivity contribution in [2.24, 2.45) is 0 Å². The smallest absolute Gasteiger partial charge is 0.369 e. The molecule has 0 aromatic heterocycles. The molecule has 0 amide bonds. The van der Waals surface area contributed by atoms with Crippen molar-refractivity contribution in [1.29, 1.82) is 0 Å². The largest absolute Gasteiger partial charge is 0.401 e. The predicted molar refractivity (Wildman–Crippen MR) is 80.3 cm³/mol. The van der Waals surface area contributed by atoms with Gasteiger partial charge in [0.2, 0.25) is 0 Å². The Morgan fingerprint density at radius 2 is 1.68 bits per heavy atom. The van der Waals surface area contributed by atoms with Gasteiger partial charge >= 0.3 is 6.18 Å². The van der Waals surface area contributed by atoms with Crippen LogP contribution in [0.25, 0.3) is 0 Å².